The van der Waals surface area contributed by atoms with E-state index in [2.05, 4.69) is 10.5 Å². The maximum absolute atomic E-state index is 12.0. The molecule has 0 aliphatic carbocycles. The first-order valence-corrected chi connectivity index (χ1v) is 6.85. The van der Waals surface area contributed by atoms with E-state index >= 15 is 0 Å². The average Bonchev–Trinajstić information content (AvgIpc) is 2.55. The Hall–Kier alpha value is -2.82. The summed E-state index contributed by atoms with van der Waals surface area (Å²) in [4.78, 5) is 14.1. The number of rotatable bonds is 5. The molecule has 0 aliphatic heterocycles. The van der Waals surface area contributed by atoms with Crippen LogP contribution in [-0.4, -0.2) is 33.3 Å². The van der Waals surface area contributed by atoms with Gasteiger partial charge in [0.25, 0.3) is 5.91 Å². The summed E-state index contributed by atoms with van der Waals surface area (Å²) in [7, 11) is 5.49. The van der Waals surface area contributed by atoms with Crippen LogP contribution in [0.1, 0.15) is 15.9 Å². The van der Waals surface area contributed by atoms with E-state index in [9.17, 15) is 4.79 Å². The smallest absolute Gasteiger partial charge is 0.275 e. The van der Waals surface area contributed by atoms with E-state index in [1.807, 2.05) is 49.3 Å². The van der Waals surface area contributed by atoms with E-state index in [-0.39, 0.29) is 5.91 Å². The van der Waals surface area contributed by atoms with Crippen LogP contribution in [0.5, 0.6) is 5.75 Å². The van der Waals surface area contributed by atoms with E-state index in [4.69, 9.17) is 4.74 Å². The molecule has 0 saturated heterocycles. The second kappa shape index (κ2) is 7.26. The maximum Gasteiger partial charge on any atom is 0.275 e. The number of hydrogen-bond donors (Lipinski definition) is 1. The van der Waals surface area contributed by atoms with Gasteiger partial charge in [-0.1, -0.05) is 24.3 Å². The van der Waals surface area contributed by atoms with Crippen molar-refractivity contribution in [3.63, 3.8) is 0 Å². The molecule has 2 aromatic rings. The highest BCUT2D eigenvalue weighted by molar-refractivity contribution is 5.97. The number of anilines is 1. The van der Waals surface area contributed by atoms with Crippen LogP contribution in [0.4, 0.5) is 5.69 Å². The van der Waals surface area contributed by atoms with Crippen molar-refractivity contribution < 1.29 is 9.53 Å². The zero-order chi connectivity index (χ0) is 15.9. The van der Waals surface area contributed by atoms with Crippen molar-refractivity contribution in [2.24, 2.45) is 5.10 Å². The summed E-state index contributed by atoms with van der Waals surface area (Å²) in [5.74, 6) is 0.212. The van der Waals surface area contributed by atoms with E-state index in [0.29, 0.717) is 11.3 Å². The fourth-order valence-electron chi connectivity index (χ4n) is 1.92. The molecular weight excluding hydrogens is 278 g/mol. The third kappa shape index (κ3) is 3.85. The van der Waals surface area contributed by atoms with Crippen molar-refractivity contribution in [3.05, 3.63) is 59.7 Å². The van der Waals surface area contributed by atoms with Crippen LogP contribution in [0.2, 0.25) is 0 Å². The van der Waals surface area contributed by atoms with Gasteiger partial charge in [0.2, 0.25) is 0 Å². The molecule has 0 atom stereocenters. The van der Waals surface area contributed by atoms with Crippen LogP contribution in [-0.2, 0) is 0 Å². The van der Waals surface area contributed by atoms with Crippen molar-refractivity contribution in [2.45, 2.75) is 0 Å². The Labute approximate surface area is 130 Å². The van der Waals surface area contributed by atoms with Crippen LogP contribution >= 0.6 is 0 Å². The van der Waals surface area contributed by atoms with Crippen LogP contribution in [0.3, 0.4) is 0 Å². The van der Waals surface area contributed by atoms with Crippen molar-refractivity contribution in [1.29, 1.82) is 0 Å². The molecule has 0 aliphatic rings. The van der Waals surface area contributed by atoms with Gasteiger partial charge in [0.05, 0.1) is 18.9 Å². The Morgan fingerprint density at radius 2 is 1.82 bits per heavy atom. The molecule has 0 bridgehead atoms. The highest BCUT2D eigenvalue weighted by Crippen LogP contribution is 2.16. The number of ether oxygens (including phenoxy) is 1. The minimum Gasteiger partial charge on any atom is -0.496 e. The zero-order valence-electron chi connectivity index (χ0n) is 12.9. The van der Waals surface area contributed by atoms with Gasteiger partial charge in [0.1, 0.15) is 5.75 Å². The predicted molar refractivity (Wildman–Crippen MR) is 88.8 cm³/mol. The molecule has 0 spiro atoms. The third-order valence-electron chi connectivity index (χ3n) is 3.14. The minimum absolute atomic E-state index is 0.307. The largest absolute Gasteiger partial charge is 0.496 e. The summed E-state index contributed by atoms with van der Waals surface area (Å²) in [6, 6.07) is 14.9. The molecule has 0 aromatic heterocycles. The van der Waals surface area contributed by atoms with Crippen LogP contribution in [0, 0.1) is 0 Å². The van der Waals surface area contributed by atoms with Gasteiger partial charge in [-0.15, -0.1) is 0 Å². The molecule has 5 nitrogen and oxygen atoms in total. The molecule has 1 N–H and O–H groups in total. The van der Waals surface area contributed by atoms with E-state index in [0.717, 1.165) is 11.3 Å². The highest BCUT2D eigenvalue weighted by Gasteiger charge is 2.09. The summed E-state index contributed by atoms with van der Waals surface area (Å²) in [5, 5.41) is 3.97. The number of hydrazone groups is 1. The first kappa shape index (κ1) is 15.6. The van der Waals surface area contributed by atoms with E-state index < -0.39 is 0 Å². The van der Waals surface area contributed by atoms with Gasteiger partial charge in [-0.2, -0.15) is 5.10 Å². The molecular formula is C17H19N3O2. The Morgan fingerprint density at radius 3 is 2.45 bits per heavy atom. The molecule has 0 heterocycles. The minimum atomic E-state index is -0.307. The van der Waals surface area contributed by atoms with Crippen molar-refractivity contribution in [3.8, 4) is 5.75 Å². The van der Waals surface area contributed by atoms with Crippen LogP contribution < -0.4 is 15.1 Å². The number of nitrogens with one attached hydrogen (secondary N) is 1. The quantitative estimate of drug-likeness (QED) is 0.681. The third-order valence-corrected chi connectivity index (χ3v) is 3.14. The SMILES string of the molecule is COc1ccccc1C(=O)NN=Cc1ccc(N(C)C)cc1. The lowest BCUT2D eigenvalue weighted by Crippen LogP contribution is -2.18. The Kier molecular flexibility index (Phi) is 5.14. The highest BCUT2D eigenvalue weighted by atomic mass is 16.5. The van der Waals surface area contributed by atoms with Crippen molar-refractivity contribution >= 4 is 17.8 Å². The van der Waals surface area contributed by atoms with E-state index in [1.165, 1.54) is 7.11 Å². The molecule has 0 radical (unpaired) electrons. The van der Waals surface area contributed by atoms with Gasteiger partial charge in [0.15, 0.2) is 0 Å². The number of amides is 1. The standard InChI is InChI=1S/C17H19N3O2/c1-20(2)14-10-8-13(9-11-14)12-18-19-17(21)15-6-4-5-7-16(15)22-3/h4-12H,1-3H3,(H,19,21). The fourth-order valence-corrected chi connectivity index (χ4v) is 1.92. The van der Waals surface area contributed by atoms with Crippen LogP contribution in [0.15, 0.2) is 53.6 Å². The van der Waals surface area contributed by atoms with Gasteiger partial charge >= 0.3 is 0 Å². The molecule has 0 unspecified atom stereocenters. The van der Waals surface area contributed by atoms with Gasteiger partial charge in [-0.3, -0.25) is 4.79 Å². The maximum atomic E-state index is 12.0. The predicted octanol–water partition coefficient (Wildman–Crippen LogP) is 2.53. The molecule has 1 amide bonds. The van der Waals surface area contributed by atoms with Gasteiger partial charge < -0.3 is 9.64 Å². The number of para-hydroxylation sites is 1. The molecule has 0 fully saturated rings. The zero-order valence-corrected chi connectivity index (χ0v) is 12.9. The first-order chi connectivity index (χ1) is 10.6. The van der Waals surface area contributed by atoms with Gasteiger partial charge in [0, 0.05) is 19.8 Å². The normalized spacial score (nSPS) is 10.5. The summed E-state index contributed by atoms with van der Waals surface area (Å²) >= 11 is 0. The van der Waals surface area contributed by atoms with Crippen molar-refractivity contribution in [2.75, 3.05) is 26.1 Å². The van der Waals surface area contributed by atoms with E-state index in [1.54, 1.807) is 24.4 Å². The molecule has 5 heteroatoms. The number of carbonyl (C=O) groups excluding carboxylic acids is 1. The lowest BCUT2D eigenvalue weighted by molar-refractivity contribution is 0.0952. The summed E-state index contributed by atoms with van der Waals surface area (Å²) in [6.45, 7) is 0. The van der Waals surface area contributed by atoms with Gasteiger partial charge in [-0.05, 0) is 29.8 Å². The average molecular weight is 297 g/mol. The Balaban J connectivity index is 2.01. The number of benzene rings is 2. The monoisotopic (exact) mass is 297 g/mol. The Morgan fingerprint density at radius 1 is 1.14 bits per heavy atom. The summed E-state index contributed by atoms with van der Waals surface area (Å²) in [6.07, 6.45) is 1.60. The van der Waals surface area contributed by atoms with Crippen molar-refractivity contribution in [1.82, 2.24) is 5.43 Å². The van der Waals surface area contributed by atoms with Gasteiger partial charge in [-0.25, -0.2) is 5.43 Å². The molecule has 2 rings (SSSR count). The fraction of sp³-hybridized carbons (Fsp3) is 0.176. The molecule has 22 heavy (non-hydrogen) atoms. The number of carbonyl (C=O) groups is 1. The molecule has 2 aromatic carbocycles. The number of methoxy groups -OCH3 is 1. The topological polar surface area (TPSA) is 53.9 Å². The summed E-state index contributed by atoms with van der Waals surface area (Å²) < 4.78 is 5.15. The lowest BCUT2D eigenvalue weighted by atomic mass is 10.2. The molecule has 114 valence electrons. The second-order valence-electron chi connectivity index (χ2n) is 4.89. The second-order valence-corrected chi connectivity index (χ2v) is 4.89. The first-order valence-electron chi connectivity index (χ1n) is 6.85. The lowest BCUT2D eigenvalue weighted by Gasteiger charge is -2.11. The number of hydrogen-bond acceptors (Lipinski definition) is 4. The molecule has 0 saturated carbocycles. The Bertz CT molecular complexity index is 664. The van der Waals surface area contributed by atoms with Crippen LogP contribution in [0.25, 0.3) is 0 Å². The summed E-state index contributed by atoms with van der Waals surface area (Å²) in [5.41, 5.74) is 4.96. The number of nitrogens with zero attached hydrogens (tertiary/aromatic N) is 2.